The number of sulfonamides is 1. The van der Waals surface area contributed by atoms with E-state index in [-0.39, 0.29) is 59.5 Å². The SMILES string of the molecule is CC(=O)Nc1cc(NS(=O)(=O)C(F)(F)F)c(C)cc1C.CC(C)N(C(=O)CCl)c1ccccc1.CCc1cccc(CC)c1N(COC)C(=O)CCl.CN(C)C(=O)C(c1ccccc1)c1ccccc1. The van der Waals surface area contributed by atoms with Crippen molar-refractivity contribution in [2.45, 2.75) is 78.8 Å². The summed E-state index contributed by atoms with van der Waals surface area (Å²) in [6.07, 6.45) is 1.75. The first kappa shape index (κ1) is 60.2. The van der Waals surface area contributed by atoms with Gasteiger partial charge in [-0.2, -0.15) is 21.6 Å². The van der Waals surface area contributed by atoms with Crippen molar-refractivity contribution in [1.29, 1.82) is 0 Å². The highest BCUT2D eigenvalue weighted by Gasteiger charge is 2.46. The van der Waals surface area contributed by atoms with E-state index >= 15 is 0 Å². The highest BCUT2D eigenvalue weighted by molar-refractivity contribution is 7.93. The smallest absolute Gasteiger partial charge is 0.364 e. The van der Waals surface area contributed by atoms with Crippen molar-refractivity contribution in [3.05, 3.63) is 155 Å². The first-order chi connectivity index (χ1) is 33.0. The summed E-state index contributed by atoms with van der Waals surface area (Å²) in [6.45, 7) is 12.7. The van der Waals surface area contributed by atoms with Gasteiger partial charge in [0.05, 0.1) is 17.3 Å². The first-order valence-corrected chi connectivity index (χ1v) is 24.7. The third kappa shape index (κ3) is 18.1. The molecule has 0 saturated heterocycles. The normalized spacial score (nSPS) is 10.9. The molecule has 4 amide bonds. The van der Waals surface area contributed by atoms with Crippen LogP contribution in [0.3, 0.4) is 0 Å². The number of halogens is 5. The molecule has 5 aromatic carbocycles. The third-order valence-corrected chi connectivity index (χ3v) is 11.8. The lowest BCUT2D eigenvalue weighted by Crippen LogP contribution is -2.37. The standard InChI is InChI=1S/C16H17NO.C14H20ClNO2.C11H14ClNO.C11H13F3N2O3S/c1-17(2)16(18)15(13-9-5-3-6-10-13)14-11-7-4-8-12-14;1-4-11-7-6-8-12(5-2)14(11)16(10-18-3)13(17)9-15;1-9(2)13(11(14)8-12)10-6-4-3-5-7-10;1-6-4-7(2)10(5-9(6)15-8(3)17)16-20(18,19)11(12,13)14/h3-12,15H,1-2H3;6-8H,4-5,9-10H2,1-3H3;3-7,9H,8H2,1-2H3;4-5,16H,1-3H3,(H,15,17). The van der Waals surface area contributed by atoms with Crippen molar-refractivity contribution >= 4 is 79.6 Å². The molecule has 0 saturated carbocycles. The van der Waals surface area contributed by atoms with Gasteiger partial charge in [-0.15, -0.1) is 23.2 Å². The molecule has 0 heterocycles. The number of aryl methyl sites for hydroxylation is 4. The number of alkyl halides is 5. The molecule has 18 heteroatoms. The molecule has 0 aliphatic rings. The fourth-order valence-electron chi connectivity index (χ4n) is 6.92. The summed E-state index contributed by atoms with van der Waals surface area (Å²) in [4.78, 5) is 51.8. The third-order valence-electron chi connectivity index (χ3n) is 10.2. The van der Waals surface area contributed by atoms with Crippen molar-refractivity contribution in [2.75, 3.05) is 59.5 Å². The monoisotopic (exact) mass is 1030 g/mol. The molecule has 5 rings (SSSR count). The Morgan fingerprint density at radius 2 is 1.16 bits per heavy atom. The van der Waals surface area contributed by atoms with Crippen LogP contribution in [-0.2, 0) is 46.8 Å². The van der Waals surface area contributed by atoms with Crippen molar-refractivity contribution in [3.8, 4) is 0 Å². The maximum atomic E-state index is 12.4. The van der Waals surface area contributed by atoms with E-state index in [1.807, 2.05) is 123 Å². The highest BCUT2D eigenvalue weighted by Crippen LogP contribution is 2.31. The van der Waals surface area contributed by atoms with Gasteiger partial charge in [-0.25, -0.2) is 0 Å². The Hall–Kier alpha value is -5.94. The number of carbonyl (C=O) groups is 4. The van der Waals surface area contributed by atoms with Gasteiger partial charge in [-0.05, 0) is 92.1 Å². The van der Waals surface area contributed by atoms with Gasteiger partial charge in [0.1, 0.15) is 18.5 Å². The van der Waals surface area contributed by atoms with Gasteiger partial charge in [0.2, 0.25) is 23.6 Å². The van der Waals surface area contributed by atoms with E-state index < -0.39 is 21.4 Å². The molecule has 0 fully saturated rings. The van der Waals surface area contributed by atoms with Gasteiger partial charge in [-0.1, -0.05) is 117 Å². The van der Waals surface area contributed by atoms with Crippen LogP contribution >= 0.6 is 23.2 Å². The molecule has 0 aliphatic carbocycles. The summed E-state index contributed by atoms with van der Waals surface area (Å²) in [5.74, 6) is -0.740. The number of benzene rings is 5. The molecule has 2 N–H and O–H groups in total. The molecule has 0 aromatic heterocycles. The number of amides is 4. The van der Waals surface area contributed by atoms with Crippen molar-refractivity contribution < 1.29 is 45.5 Å². The summed E-state index contributed by atoms with van der Waals surface area (Å²) < 4.78 is 65.7. The van der Waals surface area contributed by atoms with E-state index in [0.717, 1.165) is 52.5 Å². The summed E-state index contributed by atoms with van der Waals surface area (Å²) in [5.41, 5.74) is 1.71. The van der Waals surface area contributed by atoms with Crippen molar-refractivity contribution in [3.63, 3.8) is 0 Å². The minimum Gasteiger partial charge on any atom is -0.364 e. The zero-order valence-electron chi connectivity index (χ0n) is 41.2. The van der Waals surface area contributed by atoms with E-state index in [1.165, 1.54) is 24.6 Å². The maximum Gasteiger partial charge on any atom is 0.516 e. The van der Waals surface area contributed by atoms with Crippen LogP contribution in [0.15, 0.2) is 121 Å². The summed E-state index contributed by atoms with van der Waals surface area (Å²) in [5, 5.41) is 2.41. The largest absolute Gasteiger partial charge is 0.516 e. The molecule has 0 bridgehead atoms. The number of carbonyl (C=O) groups excluding carboxylic acids is 4. The van der Waals surface area contributed by atoms with Gasteiger partial charge in [0.15, 0.2) is 0 Å². The summed E-state index contributed by atoms with van der Waals surface area (Å²) >= 11 is 11.2. The van der Waals surface area contributed by atoms with E-state index in [2.05, 4.69) is 19.2 Å². The van der Waals surface area contributed by atoms with Crippen LogP contribution in [0.4, 0.5) is 35.9 Å². The number of hydrogen-bond donors (Lipinski definition) is 2. The number of likely N-dealkylation sites (N-methyl/N-ethyl adjacent to an activating group) is 1. The Balaban J connectivity index is 0.000000322. The van der Waals surface area contributed by atoms with Crippen LogP contribution in [0.5, 0.6) is 0 Å². The topological polar surface area (TPSA) is 145 Å². The Bertz CT molecular complexity index is 2490. The Morgan fingerprint density at radius 3 is 1.54 bits per heavy atom. The second-order valence-electron chi connectivity index (χ2n) is 16.0. The molecule has 380 valence electrons. The minimum atomic E-state index is -5.49. The maximum absolute atomic E-state index is 12.4. The lowest BCUT2D eigenvalue weighted by molar-refractivity contribution is -0.129. The average Bonchev–Trinajstić information content (AvgIpc) is 3.32. The van der Waals surface area contributed by atoms with E-state index in [9.17, 15) is 40.8 Å². The summed E-state index contributed by atoms with van der Waals surface area (Å²) in [6, 6.07) is 38.2. The molecular weight excluding hydrogens is 967 g/mol. The molecule has 0 radical (unpaired) electrons. The number of hydrogen-bond acceptors (Lipinski definition) is 7. The fraction of sp³-hybridized carbons (Fsp3) is 0.346. The highest BCUT2D eigenvalue weighted by atomic mass is 35.5. The number of methoxy groups -OCH3 is 1. The van der Waals surface area contributed by atoms with Gasteiger partial charge < -0.3 is 19.9 Å². The zero-order valence-corrected chi connectivity index (χ0v) is 43.6. The van der Waals surface area contributed by atoms with Crippen LogP contribution in [0.2, 0.25) is 0 Å². The number of rotatable bonds is 15. The number of ether oxygens (including phenoxy) is 1. The van der Waals surface area contributed by atoms with Crippen LogP contribution in [0.1, 0.15) is 73.9 Å². The van der Waals surface area contributed by atoms with E-state index in [1.54, 1.807) is 42.8 Å². The lowest BCUT2D eigenvalue weighted by Gasteiger charge is -2.26. The average molecular weight is 1030 g/mol. The minimum absolute atomic E-state index is 0.0209. The quantitative estimate of drug-likeness (QED) is 0.0784. The number of nitrogens with one attached hydrogen (secondary N) is 2. The molecule has 0 spiro atoms. The van der Waals surface area contributed by atoms with Crippen molar-refractivity contribution in [1.82, 2.24) is 4.90 Å². The fourth-order valence-corrected chi connectivity index (χ4v) is 7.82. The molecule has 0 unspecified atom stereocenters. The van der Waals surface area contributed by atoms with Crippen LogP contribution < -0.4 is 19.8 Å². The predicted octanol–water partition coefficient (Wildman–Crippen LogP) is 11.1. The van der Waals surface area contributed by atoms with Gasteiger partial charge >= 0.3 is 15.5 Å². The van der Waals surface area contributed by atoms with E-state index in [0.29, 0.717) is 11.1 Å². The molecule has 5 aromatic rings. The predicted molar refractivity (Wildman–Crippen MR) is 277 cm³/mol. The molecule has 70 heavy (non-hydrogen) atoms. The number of nitrogens with zero attached hydrogens (tertiary/aromatic N) is 3. The number of anilines is 4. The van der Waals surface area contributed by atoms with Gasteiger partial charge in [0, 0.05) is 45.5 Å². The summed E-state index contributed by atoms with van der Waals surface area (Å²) in [7, 11) is -0.330. The van der Waals surface area contributed by atoms with Gasteiger partial charge in [0.25, 0.3) is 0 Å². The lowest BCUT2D eigenvalue weighted by atomic mass is 9.90. The number of para-hydroxylation sites is 2. The van der Waals surface area contributed by atoms with Crippen LogP contribution in [0, 0.1) is 13.8 Å². The molecular formula is C52H64Cl2F3N5O7S. The zero-order chi connectivity index (χ0) is 52.8. The Kier molecular flexibility index (Phi) is 25.2. The molecule has 0 atom stereocenters. The Morgan fingerprint density at radius 1 is 0.700 bits per heavy atom. The van der Waals surface area contributed by atoms with Crippen LogP contribution in [-0.4, -0.2) is 88.2 Å². The van der Waals surface area contributed by atoms with Gasteiger partial charge in [-0.3, -0.25) is 28.8 Å². The van der Waals surface area contributed by atoms with Crippen LogP contribution in [0.25, 0.3) is 0 Å². The van der Waals surface area contributed by atoms with E-state index in [4.69, 9.17) is 27.9 Å². The Labute approximate surface area is 421 Å². The first-order valence-electron chi connectivity index (χ1n) is 22.2. The molecule has 12 nitrogen and oxygen atoms in total. The second kappa shape index (κ2) is 29.3. The molecule has 0 aliphatic heterocycles. The van der Waals surface area contributed by atoms with Crippen molar-refractivity contribution in [2.24, 2.45) is 0 Å². The second-order valence-corrected chi connectivity index (χ2v) is 18.2.